The minimum atomic E-state index is -0.0529. The molecule has 0 spiro atoms. The third-order valence-electron chi connectivity index (χ3n) is 4.34. The lowest BCUT2D eigenvalue weighted by Gasteiger charge is -2.35. The Morgan fingerprint density at radius 1 is 1.37 bits per heavy atom. The molecule has 3 N–H and O–H groups in total. The van der Waals surface area contributed by atoms with E-state index in [0.717, 1.165) is 30.9 Å². The summed E-state index contributed by atoms with van der Waals surface area (Å²) in [5, 5.41) is 16.0. The molecule has 0 aromatic carbocycles. The number of rotatable bonds is 5. The molecule has 1 heterocycles. The lowest BCUT2D eigenvalue weighted by atomic mass is 9.74. The maximum atomic E-state index is 12.0. The standard InChI is InChI=1S/C14H26N2O2S/c17-11-14(4-2-1-3-5-14)10-16-13(18)8-12-9-19-7-6-15-12/h12,15,17H,1-11H2,(H,16,18). The van der Waals surface area contributed by atoms with E-state index in [0.29, 0.717) is 19.0 Å². The molecule has 2 aliphatic rings. The number of hydrogen-bond acceptors (Lipinski definition) is 4. The van der Waals surface area contributed by atoms with Crippen LogP contribution < -0.4 is 10.6 Å². The van der Waals surface area contributed by atoms with Gasteiger partial charge in [-0.05, 0) is 12.8 Å². The molecule has 110 valence electrons. The number of carbonyl (C=O) groups is 1. The Kier molecular flexibility index (Phi) is 5.98. The minimum Gasteiger partial charge on any atom is -0.396 e. The van der Waals surface area contributed by atoms with Gasteiger partial charge >= 0.3 is 0 Å². The minimum absolute atomic E-state index is 0.0529. The van der Waals surface area contributed by atoms with Crippen molar-refractivity contribution in [2.24, 2.45) is 5.41 Å². The Balaban J connectivity index is 1.72. The second kappa shape index (κ2) is 7.50. The zero-order valence-corrected chi connectivity index (χ0v) is 12.4. The van der Waals surface area contributed by atoms with Crippen LogP contribution in [-0.4, -0.2) is 48.3 Å². The summed E-state index contributed by atoms with van der Waals surface area (Å²) in [6, 6.07) is 0.315. The normalized spacial score (nSPS) is 26.9. The van der Waals surface area contributed by atoms with E-state index in [-0.39, 0.29) is 17.9 Å². The molecular formula is C14H26N2O2S. The van der Waals surface area contributed by atoms with Crippen LogP contribution in [0.5, 0.6) is 0 Å². The van der Waals surface area contributed by atoms with Crippen molar-refractivity contribution < 1.29 is 9.90 Å². The summed E-state index contributed by atoms with van der Waals surface area (Å²) in [6.45, 7) is 1.84. The second-order valence-electron chi connectivity index (χ2n) is 5.93. The monoisotopic (exact) mass is 286 g/mol. The first-order valence-corrected chi connectivity index (χ1v) is 8.58. The molecule has 4 nitrogen and oxygen atoms in total. The molecule has 19 heavy (non-hydrogen) atoms. The predicted molar refractivity (Wildman–Crippen MR) is 79.3 cm³/mol. The van der Waals surface area contributed by atoms with Crippen LogP contribution in [0.2, 0.25) is 0 Å². The van der Waals surface area contributed by atoms with Crippen LogP contribution in [0.3, 0.4) is 0 Å². The predicted octanol–water partition coefficient (Wildman–Crippen LogP) is 1.14. The summed E-state index contributed by atoms with van der Waals surface area (Å²) in [7, 11) is 0. The lowest BCUT2D eigenvalue weighted by molar-refractivity contribution is -0.122. The van der Waals surface area contributed by atoms with Gasteiger partial charge in [-0.3, -0.25) is 4.79 Å². The van der Waals surface area contributed by atoms with Gasteiger partial charge in [-0.1, -0.05) is 19.3 Å². The molecule has 0 radical (unpaired) electrons. The van der Waals surface area contributed by atoms with Crippen LogP contribution >= 0.6 is 11.8 Å². The van der Waals surface area contributed by atoms with Crippen molar-refractivity contribution in [3.05, 3.63) is 0 Å². The smallest absolute Gasteiger partial charge is 0.221 e. The van der Waals surface area contributed by atoms with Crippen LogP contribution in [-0.2, 0) is 4.79 Å². The molecule has 1 aliphatic carbocycles. The maximum Gasteiger partial charge on any atom is 0.221 e. The van der Waals surface area contributed by atoms with Gasteiger partial charge < -0.3 is 15.7 Å². The zero-order chi connectivity index (χ0) is 13.6. The quantitative estimate of drug-likeness (QED) is 0.709. The van der Waals surface area contributed by atoms with Gasteiger partial charge in [0.25, 0.3) is 0 Å². The van der Waals surface area contributed by atoms with E-state index in [1.165, 1.54) is 19.3 Å². The van der Waals surface area contributed by atoms with E-state index in [1.807, 2.05) is 11.8 Å². The van der Waals surface area contributed by atoms with Gasteiger partial charge in [0.1, 0.15) is 0 Å². The molecule has 1 atom stereocenters. The molecule has 1 saturated carbocycles. The number of amides is 1. The molecule has 1 unspecified atom stereocenters. The Bertz CT molecular complexity index is 287. The van der Waals surface area contributed by atoms with Crippen LogP contribution in [0.25, 0.3) is 0 Å². The average molecular weight is 286 g/mol. The fourth-order valence-electron chi connectivity index (χ4n) is 3.03. The first-order valence-electron chi connectivity index (χ1n) is 7.43. The molecule has 2 fully saturated rings. The van der Waals surface area contributed by atoms with E-state index < -0.39 is 0 Å². The van der Waals surface area contributed by atoms with Crippen LogP contribution in [0, 0.1) is 5.41 Å². The lowest BCUT2D eigenvalue weighted by Crippen LogP contribution is -2.45. The third-order valence-corrected chi connectivity index (χ3v) is 5.47. The van der Waals surface area contributed by atoms with Crippen molar-refractivity contribution in [2.75, 3.05) is 31.2 Å². The average Bonchev–Trinajstić information content (AvgIpc) is 2.47. The number of thioether (sulfide) groups is 1. The molecule has 1 saturated heterocycles. The SMILES string of the molecule is O=C(CC1CSCCN1)NCC1(CO)CCCCC1. The fourth-order valence-corrected chi connectivity index (χ4v) is 3.97. The van der Waals surface area contributed by atoms with E-state index in [4.69, 9.17) is 0 Å². The highest BCUT2D eigenvalue weighted by molar-refractivity contribution is 7.99. The highest BCUT2D eigenvalue weighted by atomic mass is 32.2. The van der Waals surface area contributed by atoms with Gasteiger partial charge in [0.05, 0.1) is 6.61 Å². The summed E-state index contributed by atoms with van der Waals surface area (Å²) in [5.41, 5.74) is -0.0529. The van der Waals surface area contributed by atoms with Crippen molar-refractivity contribution in [2.45, 2.75) is 44.6 Å². The van der Waals surface area contributed by atoms with E-state index in [1.54, 1.807) is 0 Å². The molecule has 2 rings (SSSR count). The van der Waals surface area contributed by atoms with Crippen LogP contribution in [0.4, 0.5) is 0 Å². The second-order valence-corrected chi connectivity index (χ2v) is 7.08. The molecule has 1 aliphatic heterocycles. The molecule has 0 aromatic rings. The Labute approximate surface area is 120 Å². The number of nitrogens with one attached hydrogen (secondary N) is 2. The van der Waals surface area contributed by atoms with Crippen LogP contribution in [0.15, 0.2) is 0 Å². The Morgan fingerprint density at radius 3 is 2.79 bits per heavy atom. The van der Waals surface area contributed by atoms with Gasteiger partial charge in [0, 0.05) is 42.5 Å². The number of aliphatic hydroxyl groups excluding tert-OH is 1. The summed E-state index contributed by atoms with van der Waals surface area (Å²) in [6.07, 6.45) is 6.27. The largest absolute Gasteiger partial charge is 0.396 e. The molecule has 5 heteroatoms. The van der Waals surface area contributed by atoms with Crippen molar-refractivity contribution >= 4 is 17.7 Å². The van der Waals surface area contributed by atoms with Gasteiger partial charge in [-0.2, -0.15) is 11.8 Å². The molecule has 0 bridgehead atoms. The van der Waals surface area contributed by atoms with Crippen molar-refractivity contribution in [1.82, 2.24) is 10.6 Å². The molecule has 0 aromatic heterocycles. The van der Waals surface area contributed by atoms with Crippen molar-refractivity contribution in [3.63, 3.8) is 0 Å². The van der Waals surface area contributed by atoms with Gasteiger partial charge in [-0.25, -0.2) is 0 Å². The Morgan fingerprint density at radius 2 is 2.16 bits per heavy atom. The summed E-state index contributed by atoms with van der Waals surface area (Å²) in [5.74, 6) is 2.29. The number of carbonyl (C=O) groups excluding carboxylic acids is 1. The third kappa shape index (κ3) is 4.65. The topological polar surface area (TPSA) is 61.4 Å². The van der Waals surface area contributed by atoms with Crippen LogP contribution in [0.1, 0.15) is 38.5 Å². The van der Waals surface area contributed by atoms with Gasteiger partial charge in [0.15, 0.2) is 0 Å². The highest BCUT2D eigenvalue weighted by Gasteiger charge is 2.31. The fraction of sp³-hybridized carbons (Fsp3) is 0.929. The molecule has 1 amide bonds. The Hall–Kier alpha value is -0.260. The van der Waals surface area contributed by atoms with E-state index >= 15 is 0 Å². The van der Waals surface area contributed by atoms with E-state index in [9.17, 15) is 9.90 Å². The van der Waals surface area contributed by atoms with Crippen molar-refractivity contribution in [1.29, 1.82) is 0 Å². The van der Waals surface area contributed by atoms with Crippen molar-refractivity contribution in [3.8, 4) is 0 Å². The number of aliphatic hydroxyl groups is 1. The maximum absolute atomic E-state index is 12.0. The first-order chi connectivity index (χ1) is 9.24. The summed E-state index contributed by atoms with van der Waals surface area (Å²) < 4.78 is 0. The van der Waals surface area contributed by atoms with E-state index in [2.05, 4.69) is 10.6 Å². The summed E-state index contributed by atoms with van der Waals surface area (Å²) >= 11 is 1.91. The van der Waals surface area contributed by atoms with Gasteiger partial charge in [-0.15, -0.1) is 0 Å². The molecular weight excluding hydrogens is 260 g/mol. The van der Waals surface area contributed by atoms with Gasteiger partial charge in [0.2, 0.25) is 5.91 Å². The highest BCUT2D eigenvalue weighted by Crippen LogP contribution is 2.35. The summed E-state index contributed by atoms with van der Waals surface area (Å²) in [4.78, 5) is 12.0. The first kappa shape index (κ1) is 15.1. The number of hydrogen-bond donors (Lipinski definition) is 3. The zero-order valence-electron chi connectivity index (χ0n) is 11.6.